The van der Waals surface area contributed by atoms with Crippen LogP contribution >= 0.6 is 0 Å². The van der Waals surface area contributed by atoms with Crippen LogP contribution in [-0.4, -0.2) is 22.8 Å². The molecule has 0 spiro atoms. The maximum absolute atomic E-state index is 2.37. The van der Waals surface area contributed by atoms with E-state index >= 15 is 0 Å². The summed E-state index contributed by atoms with van der Waals surface area (Å²) < 4.78 is 11.8. The van der Waals surface area contributed by atoms with Crippen LogP contribution in [0.4, 0.5) is 0 Å². The van der Waals surface area contributed by atoms with Crippen LogP contribution in [0.2, 0.25) is 0 Å². The molecule has 5 heterocycles. The summed E-state index contributed by atoms with van der Waals surface area (Å²) in [5, 5.41) is 13.4. The van der Waals surface area contributed by atoms with Crippen LogP contribution in [-0.2, 0) is 0 Å². The first-order chi connectivity index (χ1) is 51.3. The summed E-state index contributed by atoms with van der Waals surface area (Å²) in [6.45, 7) is 21.6. The van der Waals surface area contributed by atoms with Gasteiger partial charge in [-0.25, -0.2) is 0 Å². The summed E-state index contributed by atoms with van der Waals surface area (Å²) in [7, 11) is 0. The molecule has 15 aromatic carbocycles. The summed E-state index contributed by atoms with van der Waals surface area (Å²) in [5.74, 6) is 0. The maximum Gasteiger partial charge on any atom is 0.0543 e. The van der Waals surface area contributed by atoms with Gasteiger partial charge in [-0.1, -0.05) is 222 Å². The minimum Gasteiger partial charge on any atom is -0.309 e. The molecule has 5 nitrogen and oxygen atoms in total. The third-order valence-electron chi connectivity index (χ3n) is 20.8. The van der Waals surface area contributed by atoms with Crippen molar-refractivity contribution in [2.75, 3.05) is 0 Å². The van der Waals surface area contributed by atoms with Crippen molar-refractivity contribution in [1.29, 1.82) is 0 Å². The summed E-state index contributed by atoms with van der Waals surface area (Å²) >= 11 is 0. The first kappa shape index (κ1) is 66.8. The molecule has 105 heavy (non-hydrogen) atoms. The summed E-state index contributed by atoms with van der Waals surface area (Å²) in [6.07, 6.45) is 0. The van der Waals surface area contributed by atoms with Gasteiger partial charge in [-0.2, -0.15) is 0 Å². The molecule has 0 bridgehead atoms. The van der Waals surface area contributed by atoms with Crippen LogP contribution in [0.5, 0.6) is 0 Å². The van der Waals surface area contributed by atoms with Crippen LogP contribution in [0.15, 0.2) is 334 Å². The Morgan fingerprint density at radius 1 is 0.152 bits per heavy atom. The van der Waals surface area contributed by atoms with Crippen molar-refractivity contribution in [3.63, 3.8) is 0 Å². The second kappa shape index (κ2) is 28.3. The number of aryl methyl sites for hydroxylation is 10. The predicted octanol–water partition coefficient (Wildman–Crippen LogP) is 27.0. The Balaban J connectivity index is 0.000000101. The van der Waals surface area contributed by atoms with Gasteiger partial charge in [-0.3, -0.25) is 0 Å². The molecule has 0 saturated carbocycles. The first-order valence-electron chi connectivity index (χ1n) is 36.6. The number of nitrogens with zero attached hydrogens (tertiary/aromatic N) is 5. The number of benzene rings is 15. The fraction of sp³-hybridized carbons (Fsp3) is 0.100. The minimum absolute atomic E-state index is 1.21. The van der Waals surface area contributed by atoms with E-state index in [0.717, 1.165) is 0 Å². The molecule has 0 atom stereocenters. The monoisotopic (exact) mass is 1360 g/mol. The van der Waals surface area contributed by atoms with Crippen molar-refractivity contribution in [3.8, 4) is 28.4 Å². The SMILES string of the molecule is Cc1ccc(-n2c3ccccc3c3cc(C)ccc32)cc1.Cc1ccc2c(c1)c1c(C)cccc1n2-c1ccccc1.Cc1ccc2c(c1)c1ccccc1n2-c1ccccc1C.Cc1cccc(-n2c3ccccc3c3cc(C)ccc32)c1.Cc1cccc2c1c1c(C)cccc1n2-c1ccccc1. The predicted molar refractivity (Wildman–Crippen MR) is 451 cm³/mol. The van der Waals surface area contributed by atoms with E-state index in [1.165, 1.54) is 193 Å². The van der Waals surface area contributed by atoms with E-state index in [4.69, 9.17) is 0 Å². The maximum atomic E-state index is 2.37. The van der Waals surface area contributed by atoms with Crippen molar-refractivity contribution in [2.45, 2.75) is 69.2 Å². The molecule has 20 aromatic rings. The number of rotatable bonds is 5. The molecule has 0 aliphatic carbocycles. The summed E-state index contributed by atoms with van der Waals surface area (Å²) in [5.41, 5.74) is 31.9. The van der Waals surface area contributed by atoms with Gasteiger partial charge in [0.05, 0.1) is 55.2 Å². The molecule has 5 heteroatoms. The lowest BCUT2D eigenvalue weighted by Gasteiger charge is -2.10. The summed E-state index contributed by atoms with van der Waals surface area (Å²) in [6, 6.07) is 120. The van der Waals surface area contributed by atoms with Gasteiger partial charge in [0.15, 0.2) is 0 Å². The molecule has 0 amide bonds. The van der Waals surface area contributed by atoms with Gasteiger partial charge in [0.2, 0.25) is 0 Å². The van der Waals surface area contributed by atoms with E-state index in [0.29, 0.717) is 0 Å². The van der Waals surface area contributed by atoms with Crippen LogP contribution in [0.25, 0.3) is 137 Å². The number of fused-ring (bicyclic) bond motifs is 15. The normalized spacial score (nSPS) is 11.3. The van der Waals surface area contributed by atoms with Crippen LogP contribution in [0, 0.1) is 69.2 Å². The molecule has 510 valence electrons. The highest BCUT2D eigenvalue weighted by Gasteiger charge is 2.19. The highest BCUT2D eigenvalue weighted by molar-refractivity contribution is 6.14. The first-order valence-corrected chi connectivity index (χ1v) is 36.6. The quantitative estimate of drug-likeness (QED) is 0.164. The zero-order valence-corrected chi connectivity index (χ0v) is 61.5. The molecule has 0 N–H and O–H groups in total. The third kappa shape index (κ3) is 12.5. The number of hydrogen-bond acceptors (Lipinski definition) is 0. The second-order valence-electron chi connectivity index (χ2n) is 28.4. The van der Waals surface area contributed by atoms with E-state index in [2.05, 4.69) is 426 Å². The molecular weight excluding hydrogens is 1270 g/mol. The lowest BCUT2D eigenvalue weighted by atomic mass is 10.0. The topological polar surface area (TPSA) is 24.6 Å². The fourth-order valence-corrected chi connectivity index (χ4v) is 15.9. The lowest BCUT2D eigenvalue weighted by Crippen LogP contribution is -1.96. The smallest absolute Gasteiger partial charge is 0.0543 e. The van der Waals surface area contributed by atoms with E-state index < -0.39 is 0 Å². The molecule has 20 rings (SSSR count). The largest absolute Gasteiger partial charge is 0.309 e. The highest BCUT2D eigenvalue weighted by Crippen LogP contribution is 2.40. The standard InChI is InChI=1S/5C20H17N/c1-14-11-12-20-17(13-14)16-8-4-6-10-19(16)21(20)18-9-5-3-7-15(18)2;1-14-6-5-7-16(12-14)21-19-9-4-3-8-17(19)18-13-15(2)10-11-20(18)21;1-14-8-6-12-17-19(14)20-15(2)9-7-13-18(20)21(17)16-10-4-3-5-11-16;1-14-11-12-18-17(13-14)20-15(2)7-6-10-19(20)21(18)16-8-4-3-5-9-16;1-14-7-10-16(11-8-14)21-19-6-4-3-5-17(19)18-13-15(2)9-12-20(18)21/h5*3-13H,1-2H3. The van der Waals surface area contributed by atoms with Crippen molar-refractivity contribution in [2.24, 2.45) is 0 Å². The van der Waals surface area contributed by atoms with Gasteiger partial charge in [0, 0.05) is 82.3 Å². The zero-order valence-electron chi connectivity index (χ0n) is 61.5. The van der Waals surface area contributed by atoms with E-state index in [-0.39, 0.29) is 0 Å². The Kier molecular flexibility index (Phi) is 18.0. The number of para-hydroxylation sites is 6. The van der Waals surface area contributed by atoms with Crippen LogP contribution in [0.1, 0.15) is 55.6 Å². The Hall–Kier alpha value is -12.7. The van der Waals surface area contributed by atoms with Crippen LogP contribution < -0.4 is 0 Å². The lowest BCUT2D eigenvalue weighted by molar-refractivity contribution is 1.15. The minimum atomic E-state index is 1.21. The molecule has 0 aliphatic rings. The van der Waals surface area contributed by atoms with Crippen molar-refractivity contribution in [3.05, 3.63) is 389 Å². The molecule has 0 fully saturated rings. The van der Waals surface area contributed by atoms with Crippen molar-refractivity contribution in [1.82, 2.24) is 22.8 Å². The molecule has 0 saturated heterocycles. The highest BCUT2D eigenvalue weighted by atomic mass is 15.0. The number of aromatic nitrogens is 5. The fourth-order valence-electron chi connectivity index (χ4n) is 15.9. The molecule has 0 aliphatic heterocycles. The molecule has 0 unspecified atom stereocenters. The Labute approximate surface area is 615 Å². The van der Waals surface area contributed by atoms with E-state index in [1.54, 1.807) is 0 Å². The van der Waals surface area contributed by atoms with E-state index in [1.807, 2.05) is 0 Å². The van der Waals surface area contributed by atoms with Gasteiger partial charge in [-0.15, -0.1) is 0 Å². The van der Waals surface area contributed by atoms with Gasteiger partial charge in [-0.05, 0) is 237 Å². The third-order valence-corrected chi connectivity index (χ3v) is 20.8. The van der Waals surface area contributed by atoms with Crippen LogP contribution in [0.3, 0.4) is 0 Å². The molecule has 0 radical (unpaired) electrons. The average Bonchev–Trinajstić information content (AvgIpc) is 1.60. The average molecular weight is 1360 g/mol. The van der Waals surface area contributed by atoms with Gasteiger partial charge in [0.1, 0.15) is 0 Å². The van der Waals surface area contributed by atoms with Crippen molar-refractivity contribution >= 4 is 109 Å². The Morgan fingerprint density at radius 2 is 0.438 bits per heavy atom. The van der Waals surface area contributed by atoms with Gasteiger partial charge < -0.3 is 22.8 Å². The van der Waals surface area contributed by atoms with Gasteiger partial charge in [0.25, 0.3) is 0 Å². The zero-order chi connectivity index (χ0) is 72.0. The Morgan fingerprint density at radius 3 is 0.905 bits per heavy atom. The van der Waals surface area contributed by atoms with Crippen molar-refractivity contribution < 1.29 is 0 Å². The number of hydrogen-bond donors (Lipinski definition) is 0. The Bertz CT molecular complexity index is 6570. The molecule has 5 aromatic heterocycles. The summed E-state index contributed by atoms with van der Waals surface area (Å²) in [4.78, 5) is 0. The van der Waals surface area contributed by atoms with E-state index in [9.17, 15) is 0 Å². The second-order valence-corrected chi connectivity index (χ2v) is 28.4. The molecular formula is C100H85N5. The van der Waals surface area contributed by atoms with Gasteiger partial charge >= 0.3 is 0 Å².